The summed E-state index contributed by atoms with van der Waals surface area (Å²) in [4.78, 5) is 0. The van der Waals surface area contributed by atoms with Crippen LogP contribution < -0.4 is 0 Å². The molecule has 1 aliphatic heterocycles. The second-order valence-corrected chi connectivity index (χ2v) is 7.78. The molecule has 3 nitrogen and oxygen atoms in total. The number of hydrogen-bond acceptors (Lipinski definition) is 2. The third kappa shape index (κ3) is 4.29. The molecule has 1 aromatic rings. The molecule has 0 atom stereocenters. The molecule has 0 unspecified atom stereocenters. The van der Waals surface area contributed by atoms with E-state index >= 15 is 0 Å². The van der Waals surface area contributed by atoms with Crippen molar-refractivity contribution in [2.24, 2.45) is 5.92 Å². The molecule has 0 radical (unpaired) electrons. The van der Waals surface area contributed by atoms with Crippen molar-refractivity contribution in [3.8, 4) is 0 Å². The third-order valence-electron chi connectivity index (χ3n) is 3.68. The molecule has 0 aromatic heterocycles. The number of benzene rings is 1. The van der Waals surface area contributed by atoms with Crippen LogP contribution in [0.1, 0.15) is 18.4 Å². The molecule has 0 N–H and O–H groups in total. The van der Waals surface area contributed by atoms with E-state index in [0.29, 0.717) is 25.4 Å². The number of nitrogens with zero attached hydrogens (tertiary/aromatic N) is 1. The largest absolute Gasteiger partial charge is 0.214 e. The first-order valence-electron chi connectivity index (χ1n) is 6.69. The van der Waals surface area contributed by atoms with Crippen LogP contribution in [0.5, 0.6) is 0 Å². The van der Waals surface area contributed by atoms with Crippen LogP contribution in [-0.4, -0.2) is 36.9 Å². The Bertz CT molecular complexity index is 481. The Morgan fingerprint density at radius 3 is 2.37 bits per heavy atom. The first-order valence-corrected chi connectivity index (χ1v) is 9.42. The van der Waals surface area contributed by atoms with Gasteiger partial charge in [0.2, 0.25) is 10.0 Å². The SMILES string of the molecule is O=S(=O)(CCc1ccccc1)N1CCC(CBr)CC1. The van der Waals surface area contributed by atoms with E-state index in [1.807, 2.05) is 30.3 Å². The molecule has 0 aliphatic carbocycles. The molecule has 0 bridgehead atoms. The highest BCUT2D eigenvalue weighted by Crippen LogP contribution is 2.21. The lowest BCUT2D eigenvalue weighted by atomic mass is 10.0. The Balaban J connectivity index is 1.89. The molecular formula is C14H20BrNO2S. The molecule has 0 spiro atoms. The van der Waals surface area contributed by atoms with Crippen molar-refractivity contribution in [2.75, 3.05) is 24.2 Å². The number of alkyl halides is 1. The zero-order valence-corrected chi connectivity index (χ0v) is 13.4. The van der Waals surface area contributed by atoms with E-state index in [4.69, 9.17) is 0 Å². The van der Waals surface area contributed by atoms with Crippen LogP contribution in [0.15, 0.2) is 30.3 Å². The number of rotatable bonds is 5. The maximum atomic E-state index is 12.3. The van der Waals surface area contributed by atoms with Crippen LogP contribution in [0.2, 0.25) is 0 Å². The Hall–Kier alpha value is -0.390. The summed E-state index contributed by atoms with van der Waals surface area (Å²) in [6, 6.07) is 9.80. The van der Waals surface area contributed by atoms with Gasteiger partial charge in [0.1, 0.15) is 0 Å². The predicted molar refractivity (Wildman–Crippen MR) is 82.0 cm³/mol. The monoisotopic (exact) mass is 345 g/mol. The minimum atomic E-state index is -3.10. The molecule has 0 amide bonds. The number of aryl methyl sites for hydroxylation is 1. The average Bonchev–Trinajstić information content (AvgIpc) is 2.46. The van der Waals surface area contributed by atoms with Gasteiger partial charge in [-0.25, -0.2) is 12.7 Å². The molecule has 1 saturated heterocycles. The van der Waals surface area contributed by atoms with Crippen LogP contribution in [0.4, 0.5) is 0 Å². The van der Waals surface area contributed by atoms with E-state index in [1.165, 1.54) is 0 Å². The molecule has 5 heteroatoms. The molecule has 1 heterocycles. The van der Waals surface area contributed by atoms with Gasteiger partial charge in [0.15, 0.2) is 0 Å². The van der Waals surface area contributed by atoms with Crippen molar-refractivity contribution in [1.29, 1.82) is 0 Å². The summed E-state index contributed by atoms with van der Waals surface area (Å²) in [7, 11) is -3.10. The van der Waals surface area contributed by atoms with Gasteiger partial charge in [0.05, 0.1) is 5.75 Å². The van der Waals surface area contributed by atoms with Crippen molar-refractivity contribution in [1.82, 2.24) is 4.31 Å². The van der Waals surface area contributed by atoms with E-state index in [-0.39, 0.29) is 5.75 Å². The fourth-order valence-electron chi connectivity index (χ4n) is 2.36. The number of hydrogen-bond donors (Lipinski definition) is 0. The van der Waals surface area contributed by atoms with Crippen molar-refractivity contribution in [2.45, 2.75) is 19.3 Å². The zero-order valence-electron chi connectivity index (χ0n) is 11.0. The topological polar surface area (TPSA) is 37.4 Å². The van der Waals surface area contributed by atoms with E-state index in [2.05, 4.69) is 15.9 Å². The fraction of sp³-hybridized carbons (Fsp3) is 0.571. The highest BCUT2D eigenvalue weighted by atomic mass is 79.9. The van der Waals surface area contributed by atoms with Gasteiger partial charge >= 0.3 is 0 Å². The summed E-state index contributed by atoms with van der Waals surface area (Å²) in [5, 5.41) is 0.977. The molecule has 1 aliphatic rings. The average molecular weight is 346 g/mol. The molecule has 0 saturated carbocycles. The Labute approximate surface area is 124 Å². The van der Waals surface area contributed by atoms with Crippen LogP contribution >= 0.6 is 15.9 Å². The van der Waals surface area contributed by atoms with Crippen molar-refractivity contribution >= 4 is 26.0 Å². The molecule has 2 rings (SSSR count). The number of piperidine rings is 1. The van der Waals surface area contributed by atoms with E-state index in [1.54, 1.807) is 4.31 Å². The molecule has 1 fully saturated rings. The van der Waals surface area contributed by atoms with Crippen LogP contribution in [-0.2, 0) is 16.4 Å². The molecule has 106 valence electrons. The maximum absolute atomic E-state index is 12.3. The van der Waals surface area contributed by atoms with Gasteiger partial charge < -0.3 is 0 Å². The van der Waals surface area contributed by atoms with Gasteiger partial charge in [-0.2, -0.15) is 0 Å². The van der Waals surface area contributed by atoms with Gasteiger partial charge in [-0.05, 0) is 30.7 Å². The second kappa shape index (κ2) is 6.86. The summed E-state index contributed by atoms with van der Waals surface area (Å²) in [5.74, 6) is 0.844. The summed E-state index contributed by atoms with van der Waals surface area (Å²) in [5.41, 5.74) is 1.08. The summed E-state index contributed by atoms with van der Waals surface area (Å²) in [6.45, 7) is 1.35. The first kappa shape index (κ1) is 15.0. The molecule has 1 aromatic carbocycles. The summed E-state index contributed by atoms with van der Waals surface area (Å²) >= 11 is 3.47. The Morgan fingerprint density at radius 2 is 1.79 bits per heavy atom. The van der Waals surface area contributed by atoms with Crippen molar-refractivity contribution in [3.63, 3.8) is 0 Å². The Morgan fingerprint density at radius 1 is 1.16 bits per heavy atom. The van der Waals surface area contributed by atoms with Gasteiger partial charge in [0.25, 0.3) is 0 Å². The van der Waals surface area contributed by atoms with E-state index in [9.17, 15) is 8.42 Å². The van der Waals surface area contributed by atoms with Crippen LogP contribution in [0.3, 0.4) is 0 Å². The number of sulfonamides is 1. The standard InChI is InChI=1S/C14H20BrNO2S/c15-12-14-6-9-16(10-7-14)19(17,18)11-8-13-4-2-1-3-5-13/h1-5,14H,6-12H2. The van der Waals surface area contributed by atoms with Crippen molar-refractivity contribution in [3.05, 3.63) is 35.9 Å². The van der Waals surface area contributed by atoms with Gasteiger partial charge in [-0.15, -0.1) is 0 Å². The van der Waals surface area contributed by atoms with E-state index < -0.39 is 10.0 Å². The second-order valence-electron chi connectivity index (χ2n) is 5.05. The summed E-state index contributed by atoms with van der Waals surface area (Å²) < 4.78 is 26.2. The quantitative estimate of drug-likeness (QED) is 0.769. The van der Waals surface area contributed by atoms with Crippen LogP contribution in [0, 0.1) is 5.92 Å². The fourth-order valence-corrected chi connectivity index (χ4v) is 4.53. The van der Waals surface area contributed by atoms with E-state index in [0.717, 1.165) is 23.7 Å². The lowest BCUT2D eigenvalue weighted by Gasteiger charge is -2.30. The molecular weight excluding hydrogens is 326 g/mol. The Kier molecular flexibility index (Phi) is 5.42. The lowest BCUT2D eigenvalue weighted by molar-refractivity contribution is 0.292. The smallest absolute Gasteiger partial charge is 0.212 e. The lowest BCUT2D eigenvalue weighted by Crippen LogP contribution is -2.40. The van der Waals surface area contributed by atoms with Crippen LogP contribution in [0.25, 0.3) is 0 Å². The molecule has 19 heavy (non-hydrogen) atoms. The first-order chi connectivity index (χ1) is 9.12. The minimum Gasteiger partial charge on any atom is -0.212 e. The maximum Gasteiger partial charge on any atom is 0.214 e. The van der Waals surface area contributed by atoms with Gasteiger partial charge in [-0.3, -0.25) is 0 Å². The minimum absolute atomic E-state index is 0.218. The van der Waals surface area contributed by atoms with Gasteiger partial charge in [0, 0.05) is 18.4 Å². The van der Waals surface area contributed by atoms with Crippen molar-refractivity contribution < 1.29 is 8.42 Å². The van der Waals surface area contributed by atoms with Gasteiger partial charge in [-0.1, -0.05) is 46.3 Å². The third-order valence-corrected chi connectivity index (χ3v) is 6.46. The number of halogens is 1. The normalized spacial score (nSPS) is 18.6. The zero-order chi connectivity index (χ0) is 13.7. The summed E-state index contributed by atoms with van der Waals surface area (Å²) in [6.07, 6.45) is 2.53. The highest BCUT2D eigenvalue weighted by molar-refractivity contribution is 9.09. The predicted octanol–water partition coefficient (Wildman–Crippen LogP) is 2.67. The highest BCUT2D eigenvalue weighted by Gasteiger charge is 2.27.